The minimum absolute atomic E-state index is 0.0241. The summed E-state index contributed by atoms with van der Waals surface area (Å²) in [6.45, 7) is 0.618. The Morgan fingerprint density at radius 3 is 2.57 bits per heavy atom. The fraction of sp³-hybridized carbons (Fsp3) is 0.200. The van der Waals surface area contributed by atoms with Crippen molar-refractivity contribution in [3.05, 3.63) is 59.0 Å². The quantitative estimate of drug-likeness (QED) is 0.494. The number of ether oxygens (including phenoxy) is 1. The van der Waals surface area contributed by atoms with Crippen molar-refractivity contribution < 1.29 is 28.2 Å². The van der Waals surface area contributed by atoms with Crippen LogP contribution in [0.1, 0.15) is 12.0 Å². The Morgan fingerprint density at radius 1 is 1.17 bits per heavy atom. The minimum atomic E-state index is -4.01. The number of carbonyl (C=O) groups excluding carboxylic acids is 1. The number of hydrogen-bond donors (Lipinski definition) is 2. The summed E-state index contributed by atoms with van der Waals surface area (Å²) in [7, 11) is -2.47. The second kappa shape index (κ2) is 9.33. The molecule has 0 unspecified atom stereocenters. The zero-order valence-electron chi connectivity index (χ0n) is 16.1. The summed E-state index contributed by atoms with van der Waals surface area (Å²) in [6.07, 6.45) is 1.92. The standard InChI is InChI=1S/C20H20N2O6S2/c1-28-11-5-10-22-19(25)18(12-14-8-9-15(23)13-17(14)24)29-20(22)21-30(26,27)16-6-3-2-4-7-16/h2-4,6-9,12-13,23-24H,5,10-11H2,1H3. The molecular formula is C20H20N2O6S2. The molecule has 2 aromatic rings. The summed E-state index contributed by atoms with van der Waals surface area (Å²) in [5.41, 5.74) is 0.313. The molecule has 0 radical (unpaired) electrons. The zero-order valence-corrected chi connectivity index (χ0v) is 17.7. The lowest BCUT2D eigenvalue weighted by molar-refractivity contribution is -0.122. The number of thioether (sulfide) groups is 1. The molecule has 1 aliphatic rings. The fourth-order valence-corrected chi connectivity index (χ4v) is 4.90. The summed E-state index contributed by atoms with van der Waals surface area (Å²) >= 11 is 0.908. The van der Waals surface area contributed by atoms with Gasteiger partial charge in [0.2, 0.25) is 0 Å². The summed E-state index contributed by atoms with van der Waals surface area (Å²) < 4.78 is 34.3. The van der Waals surface area contributed by atoms with Gasteiger partial charge < -0.3 is 14.9 Å². The van der Waals surface area contributed by atoms with Crippen LogP contribution in [-0.4, -0.2) is 54.9 Å². The molecule has 1 amide bonds. The Hall–Kier alpha value is -2.82. The van der Waals surface area contributed by atoms with Gasteiger partial charge >= 0.3 is 0 Å². The van der Waals surface area contributed by atoms with Crippen molar-refractivity contribution in [3.63, 3.8) is 0 Å². The van der Waals surface area contributed by atoms with Crippen molar-refractivity contribution in [1.82, 2.24) is 4.90 Å². The van der Waals surface area contributed by atoms with Gasteiger partial charge in [0, 0.05) is 31.9 Å². The molecule has 3 rings (SSSR count). The first-order valence-electron chi connectivity index (χ1n) is 8.94. The van der Waals surface area contributed by atoms with Gasteiger partial charge in [-0.3, -0.25) is 9.69 Å². The normalized spacial score (nSPS) is 17.2. The maximum absolute atomic E-state index is 12.9. The van der Waals surface area contributed by atoms with Gasteiger partial charge in [0.1, 0.15) is 11.5 Å². The molecule has 0 bridgehead atoms. The number of amides is 1. The van der Waals surface area contributed by atoms with Crippen molar-refractivity contribution in [1.29, 1.82) is 0 Å². The average molecular weight is 449 g/mol. The highest BCUT2D eigenvalue weighted by Gasteiger charge is 2.35. The van der Waals surface area contributed by atoms with Crippen molar-refractivity contribution in [3.8, 4) is 11.5 Å². The van der Waals surface area contributed by atoms with E-state index in [9.17, 15) is 23.4 Å². The molecule has 0 aliphatic carbocycles. The zero-order chi connectivity index (χ0) is 21.7. The first-order valence-corrected chi connectivity index (χ1v) is 11.2. The highest BCUT2D eigenvalue weighted by Crippen LogP contribution is 2.35. The molecule has 8 nitrogen and oxygen atoms in total. The Bertz CT molecular complexity index is 1100. The van der Waals surface area contributed by atoms with Gasteiger partial charge in [0.15, 0.2) is 5.17 Å². The van der Waals surface area contributed by atoms with Crippen LogP contribution in [-0.2, 0) is 19.6 Å². The number of sulfonamides is 1. The molecule has 1 fully saturated rings. The third-order valence-corrected chi connectivity index (χ3v) is 6.56. The second-order valence-electron chi connectivity index (χ2n) is 6.32. The van der Waals surface area contributed by atoms with Crippen molar-refractivity contribution in [2.24, 2.45) is 4.40 Å². The molecule has 0 atom stereocenters. The third kappa shape index (κ3) is 5.02. The lowest BCUT2D eigenvalue weighted by atomic mass is 10.1. The SMILES string of the molecule is COCCCN1C(=O)C(=Cc2ccc(O)cc2O)SC1=NS(=O)(=O)c1ccccc1. The third-order valence-electron chi connectivity index (χ3n) is 4.16. The van der Waals surface area contributed by atoms with Gasteiger partial charge in [0.05, 0.1) is 9.80 Å². The van der Waals surface area contributed by atoms with Crippen LogP contribution in [0.15, 0.2) is 62.7 Å². The number of methoxy groups -OCH3 is 1. The van der Waals surface area contributed by atoms with Crippen molar-refractivity contribution in [2.45, 2.75) is 11.3 Å². The number of benzene rings is 2. The van der Waals surface area contributed by atoms with E-state index in [2.05, 4.69) is 4.40 Å². The summed E-state index contributed by atoms with van der Waals surface area (Å²) in [5, 5.41) is 19.5. The van der Waals surface area contributed by atoms with Crippen LogP contribution in [0.3, 0.4) is 0 Å². The molecule has 0 spiro atoms. The minimum Gasteiger partial charge on any atom is -0.508 e. The van der Waals surface area contributed by atoms with E-state index in [1.165, 1.54) is 42.4 Å². The maximum atomic E-state index is 12.9. The summed E-state index contributed by atoms with van der Waals surface area (Å²) in [5.74, 6) is -0.743. The molecule has 1 aliphatic heterocycles. The van der Waals surface area contributed by atoms with Crippen LogP contribution >= 0.6 is 11.8 Å². The summed E-state index contributed by atoms with van der Waals surface area (Å²) in [6, 6.07) is 11.7. The monoisotopic (exact) mass is 448 g/mol. The fourth-order valence-electron chi connectivity index (χ4n) is 2.68. The van der Waals surface area contributed by atoms with Gasteiger partial charge in [-0.1, -0.05) is 18.2 Å². The topological polar surface area (TPSA) is 116 Å². The number of nitrogens with zero attached hydrogens (tertiary/aromatic N) is 2. The molecule has 30 heavy (non-hydrogen) atoms. The Balaban J connectivity index is 1.98. The Morgan fingerprint density at radius 2 is 1.90 bits per heavy atom. The predicted molar refractivity (Wildman–Crippen MR) is 115 cm³/mol. The number of carbonyl (C=O) groups is 1. The van der Waals surface area contributed by atoms with Crippen LogP contribution in [0.25, 0.3) is 6.08 Å². The van der Waals surface area contributed by atoms with Gasteiger partial charge in [0.25, 0.3) is 15.9 Å². The number of amidine groups is 1. The van der Waals surface area contributed by atoms with Crippen LogP contribution in [0, 0.1) is 0 Å². The van der Waals surface area contributed by atoms with E-state index < -0.39 is 15.9 Å². The molecule has 158 valence electrons. The number of rotatable bonds is 7. The number of aromatic hydroxyl groups is 2. The molecule has 1 heterocycles. The number of hydrogen-bond acceptors (Lipinski definition) is 7. The maximum Gasteiger partial charge on any atom is 0.284 e. The largest absolute Gasteiger partial charge is 0.508 e. The van der Waals surface area contributed by atoms with Crippen LogP contribution in [0.2, 0.25) is 0 Å². The molecular weight excluding hydrogens is 428 g/mol. The number of phenolic OH excluding ortho intramolecular Hbond substituents is 2. The van der Waals surface area contributed by atoms with E-state index in [1.807, 2.05) is 0 Å². The highest BCUT2D eigenvalue weighted by atomic mass is 32.2. The van der Waals surface area contributed by atoms with E-state index >= 15 is 0 Å². The van der Waals surface area contributed by atoms with E-state index in [0.717, 1.165) is 17.8 Å². The molecule has 10 heteroatoms. The van der Waals surface area contributed by atoms with E-state index in [-0.39, 0.29) is 33.0 Å². The lowest BCUT2D eigenvalue weighted by Gasteiger charge is -2.15. The first-order chi connectivity index (χ1) is 14.3. The number of phenols is 2. The smallest absolute Gasteiger partial charge is 0.284 e. The van der Waals surface area contributed by atoms with Gasteiger partial charge in [-0.05, 0) is 48.5 Å². The van der Waals surface area contributed by atoms with Crippen LogP contribution < -0.4 is 0 Å². The van der Waals surface area contributed by atoms with Gasteiger partial charge in [-0.25, -0.2) is 0 Å². The molecule has 2 aromatic carbocycles. The van der Waals surface area contributed by atoms with E-state index in [0.29, 0.717) is 18.6 Å². The lowest BCUT2D eigenvalue weighted by Crippen LogP contribution is -2.31. The predicted octanol–water partition coefficient (Wildman–Crippen LogP) is 2.80. The van der Waals surface area contributed by atoms with Crippen LogP contribution in [0.4, 0.5) is 0 Å². The summed E-state index contributed by atoms with van der Waals surface area (Å²) in [4.78, 5) is 14.4. The van der Waals surface area contributed by atoms with E-state index in [4.69, 9.17) is 4.74 Å². The van der Waals surface area contributed by atoms with Gasteiger partial charge in [-0.15, -0.1) is 4.40 Å². The van der Waals surface area contributed by atoms with Crippen molar-refractivity contribution in [2.75, 3.05) is 20.3 Å². The molecule has 0 aromatic heterocycles. The molecule has 2 N–H and O–H groups in total. The second-order valence-corrected chi connectivity index (χ2v) is 8.93. The van der Waals surface area contributed by atoms with Crippen molar-refractivity contribution >= 4 is 38.9 Å². The van der Waals surface area contributed by atoms with Gasteiger partial charge in [-0.2, -0.15) is 8.42 Å². The van der Waals surface area contributed by atoms with E-state index in [1.54, 1.807) is 18.2 Å². The Labute approximate surface area is 178 Å². The highest BCUT2D eigenvalue weighted by molar-refractivity contribution is 8.19. The molecule has 1 saturated heterocycles. The van der Waals surface area contributed by atoms with Crippen LogP contribution in [0.5, 0.6) is 11.5 Å². The Kier molecular flexibility index (Phi) is 6.80. The average Bonchev–Trinajstić information content (AvgIpc) is 2.99. The first kappa shape index (κ1) is 21.9. The molecule has 0 saturated carbocycles.